The number of hydrogen-bond acceptors (Lipinski definition) is 2. The molecule has 0 aliphatic rings. The van der Waals surface area contributed by atoms with Gasteiger partial charge in [-0.05, 0) is 30.3 Å². The van der Waals surface area contributed by atoms with E-state index in [9.17, 15) is 18.0 Å². The largest absolute Gasteiger partial charge is 0.365 e. The summed E-state index contributed by atoms with van der Waals surface area (Å²) in [5, 5.41) is 0. The van der Waals surface area contributed by atoms with Gasteiger partial charge in [0.15, 0.2) is 17.4 Å². The van der Waals surface area contributed by atoms with Crippen LogP contribution < -0.4 is 4.90 Å². The van der Waals surface area contributed by atoms with Gasteiger partial charge in [-0.1, -0.05) is 12.1 Å². The van der Waals surface area contributed by atoms with Gasteiger partial charge in [0, 0.05) is 12.6 Å². The minimum Gasteiger partial charge on any atom is -0.365 e. The van der Waals surface area contributed by atoms with Crippen molar-refractivity contribution in [2.45, 2.75) is 0 Å². The first kappa shape index (κ1) is 14.1. The molecule has 0 saturated heterocycles. The number of halogens is 3. The topological polar surface area (TPSA) is 20.3 Å². The number of benzene rings is 2. The van der Waals surface area contributed by atoms with Gasteiger partial charge in [-0.25, -0.2) is 13.2 Å². The van der Waals surface area contributed by atoms with Crippen molar-refractivity contribution in [3.63, 3.8) is 0 Å². The van der Waals surface area contributed by atoms with E-state index in [0.29, 0.717) is 0 Å². The maximum atomic E-state index is 13.5. The first-order valence-electron chi connectivity index (χ1n) is 5.93. The van der Waals surface area contributed by atoms with Crippen LogP contribution >= 0.6 is 0 Å². The van der Waals surface area contributed by atoms with Gasteiger partial charge in [-0.3, -0.25) is 4.79 Å². The van der Waals surface area contributed by atoms with Gasteiger partial charge in [0.25, 0.3) is 0 Å². The van der Waals surface area contributed by atoms with Gasteiger partial charge in [0.05, 0.1) is 12.2 Å². The Labute approximate surface area is 114 Å². The van der Waals surface area contributed by atoms with E-state index in [0.717, 1.165) is 12.1 Å². The highest BCUT2D eigenvalue weighted by molar-refractivity contribution is 5.99. The predicted molar refractivity (Wildman–Crippen MR) is 70.4 cm³/mol. The van der Waals surface area contributed by atoms with Crippen molar-refractivity contribution in [2.24, 2.45) is 0 Å². The summed E-state index contributed by atoms with van der Waals surface area (Å²) in [5.41, 5.74) is 0.315. The summed E-state index contributed by atoms with van der Waals surface area (Å²) < 4.78 is 39.4. The number of hydrogen-bond donors (Lipinski definition) is 0. The normalized spacial score (nSPS) is 10.4. The summed E-state index contributed by atoms with van der Waals surface area (Å²) in [6.07, 6.45) is 0. The fourth-order valence-corrected chi connectivity index (χ4v) is 1.82. The van der Waals surface area contributed by atoms with Gasteiger partial charge in [0.2, 0.25) is 0 Å². The number of carbonyl (C=O) groups excluding carboxylic acids is 1. The molecule has 0 aliphatic heterocycles. The van der Waals surface area contributed by atoms with Crippen molar-refractivity contribution in [3.05, 3.63) is 65.5 Å². The number of likely N-dealkylation sites (N-methyl/N-ethyl adjacent to an activating group) is 1. The highest BCUT2D eigenvalue weighted by Gasteiger charge is 2.14. The Balaban J connectivity index is 2.15. The molecule has 0 unspecified atom stereocenters. The molecule has 0 aromatic heterocycles. The summed E-state index contributed by atoms with van der Waals surface area (Å²) in [6, 6.07) is 8.96. The summed E-state index contributed by atoms with van der Waals surface area (Å²) in [7, 11) is 1.55. The second-order valence-electron chi connectivity index (χ2n) is 4.36. The van der Waals surface area contributed by atoms with E-state index in [4.69, 9.17) is 0 Å². The standard InChI is InChI=1S/C15H12F3NO/c1-19(14-5-3-2-4-12(14)17)9-15(20)10-6-7-11(16)13(18)8-10/h2-8H,9H2,1H3. The van der Waals surface area contributed by atoms with E-state index >= 15 is 0 Å². The number of ketones is 1. The average molecular weight is 279 g/mol. The molecule has 0 amide bonds. The van der Waals surface area contributed by atoms with Crippen molar-refractivity contribution in [2.75, 3.05) is 18.5 Å². The number of rotatable bonds is 4. The summed E-state index contributed by atoms with van der Waals surface area (Å²) >= 11 is 0. The molecular formula is C15H12F3NO. The van der Waals surface area contributed by atoms with Crippen molar-refractivity contribution in [3.8, 4) is 0 Å². The third-order valence-corrected chi connectivity index (χ3v) is 2.89. The predicted octanol–water partition coefficient (Wildman–Crippen LogP) is 3.42. The molecule has 0 saturated carbocycles. The van der Waals surface area contributed by atoms with E-state index in [1.807, 2.05) is 0 Å². The van der Waals surface area contributed by atoms with Crippen LogP contribution in [0.25, 0.3) is 0 Å². The van der Waals surface area contributed by atoms with E-state index in [2.05, 4.69) is 0 Å². The third-order valence-electron chi connectivity index (χ3n) is 2.89. The maximum Gasteiger partial charge on any atom is 0.182 e. The van der Waals surface area contributed by atoms with Gasteiger partial charge in [-0.2, -0.15) is 0 Å². The number of Topliss-reactive ketones (excluding diaryl/α,β-unsaturated/α-hetero) is 1. The molecule has 0 bridgehead atoms. The molecule has 0 radical (unpaired) electrons. The molecule has 0 aliphatic carbocycles. The zero-order chi connectivity index (χ0) is 14.7. The molecule has 5 heteroatoms. The van der Waals surface area contributed by atoms with Crippen molar-refractivity contribution >= 4 is 11.5 Å². The minimum absolute atomic E-state index is 0.0482. The molecule has 2 rings (SSSR count). The van der Waals surface area contributed by atoms with Gasteiger partial charge in [-0.15, -0.1) is 0 Å². The average Bonchev–Trinajstić information content (AvgIpc) is 2.42. The van der Waals surface area contributed by atoms with E-state index in [1.54, 1.807) is 19.2 Å². The fourth-order valence-electron chi connectivity index (χ4n) is 1.82. The van der Waals surface area contributed by atoms with Crippen LogP contribution in [-0.2, 0) is 0 Å². The summed E-state index contributed by atoms with van der Waals surface area (Å²) in [4.78, 5) is 13.4. The molecule has 0 atom stereocenters. The number of carbonyl (C=O) groups is 1. The van der Waals surface area contributed by atoms with Crippen molar-refractivity contribution in [1.29, 1.82) is 0 Å². The Bertz CT molecular complexity index is 643. The monoisotopic (exact) mass is 279 g/mol. The summed E-state index contributed by atoms with van der Waals surface area (Å²) in [5.74, 6) is -2.96. The van der Waals surface area contributed by atoms with Crippen LogP contribution in [0.2, 0.25) is 0 Å². The Morgan fingerprint density at radius 2 is 1.70 bits per heavy atom. The van der Waals surface area contributed by atoms with Crippen molar-refractivity contribution in [1.82, 2.24) is 0 Å². The zero-order valence-electron chi connectivity index (χ0n) is 10.7. The quantitative estimate of drug-likeness (QED) is 0.799. The second kappa shape index (κ2) is 5.77. The molecule has 2 nitrogen and oxygen atoms in total. The summed E-state index contributed by atoms with van der Waals surface area (Å²) in [6.45, 7) is -0.133. The van der Waals surface area contributed by atoms with Crippen LogP contribution in [0.4, 0.5) is 18.9 Å². The highest BCUT2D eigenvalue weighted by Crippen LogP contribution is 2.18. The molecule has 0 fully saturated rings. The Hall–Kier alpha value is -2.30. The van der Waals surface area contributed by atoms with Crippen LogP contribution in [0, 0.1) is 17.5 Å². The Morgan fingerprint density at radius 1 is 1.00 bits per heavy atom. The first-order valence-corrected chi connectivity index (χ1v) is 5.93. The molecule has 2 aromatic rings. The number of para-hydroxylation sites is 1. The van der Waals surface area contributed by atoms with Crippen LogP contribution in [0.1, 0.15) is 10.4 Å². The molecule has 0 heterocycles. The van der Waals surface area contributed by atoms with Gasteiger partial charge < -0.3 is 4.90 Å². The molecule has 0 spiro atoms. The first-order chi connectivity index (χ1) is 9.49. The fraction of sp³-hybridized carbons (Fsp3) is 0.133. The lowest BCUT2D eigenvalue weighted by atomic mass is 10.1. The lowest BCUT2D eigenvalue weighted by Gasteiger charge is -2.19. The van der Waals surface area contributed by atoms with Crippen LogP contribution in [0.5, 0.6) is 0 Å². The van der Waals surface area contributed by atoms with Crippen LogP contribution in [-0.4, -0.2) is 19.4 Å². The smallest absolute Gasteiger partial charge is 0.182 e. The van der Waals surface area contributed by atoms with E-state index < -0.39 is 23.2 Å². The molecule has 2 aromatic carbocycles. The SMILES string of the molecule is CN(CC(=O)c1ccc(F)c(F)c1)c1ccccc1F. The lowest BCUT2D eigenvalue weighted by Crippen LogP contribution is -2.26. The maximum absolute atomic E-state index is 13.5. The zero-order valence-corrected chi connectivity index (χ0v) is 10.7. The van der Waals surface area contributed by atoms with Gasteiger partial charge >= 0.3 is 0 Å². The molecule has 0 N–H and O–H groups in total. The molecular weight excluding hydrogens is 267 g/mol. The van der Waals surface area contributed by atoms with E-state index in [-0.39, 0.29) is 17.8 Å². The highest BCUT2D eigenvalue weighted by atomic mass is 19.2. The Kier molecular flexibility index (Phi) is 4.08. The van der Waals surface area contributed by atoms with Crippen LogP contribution in [0.15, 0.2) is 42.5 Å². The minimum atomic E-state index is -1.08. The van der Waals surface area contributed by atoms with Crippen molar-refractivity contribution < 1.29 is 18.0 Å². The molecule has 20 heavy (non-hydrogen) atoms. The third kappa shape index (κ3) is 2.99. The number of nitrogens with zero attached hydrogens (tertiary/aromatic N) is 1. The lowest BCUT2D eigenvalue weighted by molar-refractivity contribution is 0.0999. The van der Waals surface area contributed by atoms with Crippen LogP contribution in [0.3, 0.4) is 0 Å². The number of anilines is 1. The van der Waals surface area contributed by atoms with E-state index in [1.165, 1.54) is 23.1 Å². The second-order valence-corrected chi connectivity index (χ2v) is 4.36. The molecule has 104 valence electrons. The van der Waals surface area contributed by atoms with Gasteiger partial charge in [0.1, 0.15) is 5.82 Å². The Morgan fingerprint density at radius 3 is 2.35 bits per heavy atom.